The van der Waals surface area contributed by atoms with Gasteiger partial charge in [-0.1, -0.05) is 42.5 Å². The van der Waals surface area contributed by atoms with Gasteiger partial charge in [-0.15, -0.1) is 0 Å². The van der Waals surface area contributed by atoms with Gasteiger partial charge in [0.2, 0.25) is 0 Å². The van der Waals surface area contributed by atoms with Crippen molar-refractivity contribution in [1.82, 2.24) is 0 Å². The highest BCUT2D eigenvalue weighted by atomic mass is 14.6. The summed E-state index contributed by atoms with van der Waals surface area (Å²) in [6.07, 6.45) is 1.94. The predicted molar refractivity (Wildman–Crippen MR) is 68.9 cm³/mol. The van der Waals surface area contributed by atoms with Crippen LogP contribution in [0.1, 0.15) is 18.1 Å². The molecule has 0 heterocycles. The lowest BCUT2D eigenvalue weighted by Crippen LogP contribution is -1.82. The third kappa shape index (κ3) is 1.83. The molecule has 78 valence electrons. The molecule has 0 radical (unpaired) electrons. The maximum Gasteiger partial charge on any atom is 0.163 e. The molecule has 1 heteroatoms. The number of fused-ring (bicyclic) bond motifs is 1. The van der Waals surface area contributed by atoms with Crippen LogP contribution in [0.4, 0.5) is 0 Å². The van der Waals surface area contributed by atoms with Gasteiger partial charge in [-0.2, -0.15) is 0 Å². The summed E-state index contributed by atoms with van der Waals surface area (Å²) < 4.78 is 0. The minimum absolute atomic E-state index is 0.717. The largest absolute Gasteiger partial charge is 0.243 e. The van der Waals surface area contributed by atoms with Gasteiger partial charge in [0.1, 0.15) is 0 Å². The normalized spacial score (nSPS) is 11.4. The summed E-state index contributed by atoms with van der Waals surface area (Å²) in [5.41, 5.74) is 3.11. The summed E-state index contributed by atoms with van der Waals surface area (Å²) in [6, 6.07) is 12.5. The molecule has 0 saturated heterocycles. The van der Waals surface area contributed by atoms with Crippen molar-refractivity contribution in [2.24, 2.45) is 0 Å². The summed E-state index contributed by atoms with van der Waals surface area (Å²) in [4.78, 5) is 3.42. The lowest BCUT2D eigenvalue weighted by atomic mass is 10.00. The Bertz CT molecular complexity index is 600. The third-order valence-corrected chi connectivity index (χ3v) is 2.72. The first-order valence-corrected chi connectivity index (χ1v) is 5.26. The molecule has 0 atom stereocenters. The molecular weight excluding hydrogens is 194 g/mol. The van der Waals surface area contributed by atoms with Crippen molar-refractivity contribution in [2.75, 3.05) is 0 Å². The van der Waals surface area contributed by atoms with E-state index in [0.717, 1.165) is 5.56 Å². The Morgan fingerprint density at radius 3 is 2.50 bits per heavy atom. The third-order valence-electron chi connectivity index (χ3n) is 2.72. The van der Waals surface area contributed by atoms with E-state index in [1.54, 1.807) is 0 Å². The highest BCUT2D eigenvalue weighted by Crippen LogP contribution is 2.24. The molecule has 1 nitrogen and oxygen atoms in total. The fourth-order valence-electron chi connectivity index (χ4n) is 1.86. The topological polar surface area (TPSA) is 4.36 Å². The van der Waals surface area contributed by atoms with Gasteiger partial charge in [-0.25, -0.2) is 4.85 Å². The number of allylic oxidation sites excluding steroid dienone is 1. The van der Waals surface area contributed by atoms with Crippen LogP contribution in [0.25, 0.3) is 21.7 Å². The first-order valence-electron chi connectivity index (χ1n) is 5.26. The molecule has 2 rings (SSSR count). The number of hydrogen-bond donors (Lipinski definition) is 0. The number of benzene rings is 2. The molecule has 2 aromatic carbocycles. The van der Waals surface area contributed by atoms with Crippen LogP contribution in [-0.4, -0.2) is 0 Å². The Labute approximate surface area is 95.9 Å². The van der Waals surface area contributed by atoms with Gasteiger partial charge in [0.05, 0.1) is 6.57 Å². The first kappa shape index (κ1) is 10.4. The van der Waals surface area contributed by atoms with E-state index in [9.17, 15) is 0 Å². The number of rotatable bonds is 1. The standard InChI is InChI=1S/C15H13N/c1-11-8-9-13(10-12(2)16-3)15-7-5-4-6-14(11)15/h4-10H,1-2H3/b12-10-. The lowest BCUT2D eigenvalue weighted by Gasteiger charge is -2.05. The van der Waals surface area contributed by atoms with Crippen LogP contribution < -0.4 is 0 Å². The molecule has 0 fully saturated rings. The van der Waals surface area contributed by atoms with Crippen molar-refractivity contribution < 1.29 is 0 Å². The van der Waals surface area contributed by atoms with Gasteiger partial charge in [-0.05, 0) is 35.7 Å². The van der Waals surface area contributed by atoms with E-state index in [2.05, 4.69) is 36.0 Å². The average molecular weight is 207 g/mol. The van der Waals surface area contributed by atoms with Gasteiger partial charge < -0.3 is 0 Å². The van der Waals surface area contributed by atoms with Crippen molar-refractivity contribution in [3.63, 3.8) is 0 Å². The molecule has 0 aliphatic carbocycles. The van der Waals surface area contributed by atoms with E-state index in [1.807, 2.05) is 25.1 Å². The Hall–Kier alpha value is -2.07. The highest BCUT2D eigenvalue weighted by Gasteiger charge is 2.00. The van der Waals surface area contributed by atoms with Crippen molar-refractivity contribution in [1.29, 1.82) is 0 Å². The lowest BCUT2D eigenvalue weighted by molar-refractivity contribution is 1.51. The molecule has 0 bridgehead atoms. The Morgan fingerprint density at radius 1 is 1.12 bits per heavy atom. The number of hydrogen-bond acceptors (Lipinski definition) is 0. The molecule has 0 aliphatic rings. The second-order valence-corrected chi connectivity index (χ2v) is 3.91. The number of nitrogens with zero attached hydrogens (tertiary/aromatic N) is 1. The second-order valence-electron chi connectivity index (χ2n) is 3.91. The van der Waals surface area contributed by atoms with Gasteiger partial charge >= 0.3 is 0 Å². The van der Waals surface area contributed by atoms with E-state index in [-0.39, 0.29) is 0 Å². The van der Waals surface area contributed by atoms with E-state index >= 15 is 0 Å². The zero-order valence-electron chi connectivity index (χ0n) is 9.49. The quantitative estimate of drug-likeness (QED) is 0.609. The van der Waals surface area contributed by atoms with Crippen LogP contribution in [0.15, 0.2) is 42.1 Å². The SMILES string of the molecule is [C-]#[N+]/C(C)=C\c1ccc(C)c2ccccc12. The average Bonchev–Trinajstić information content (AvgIpc) is 2.33. The molecule has 0 aliphatic heterocycles. The van der Waals surface area contributed by atoms with Crippen LogP contribution in [0.2, 0.25) is 0 Å². The van der Waals surface area contributed by atoms with Crippen molar-refractivity contribution in [3.05, 3.63) is 64.6 Å². The van der Waals surface area contributed by atoms with Crippen LogP contribution in [0.3, 0.4) is 0 Å². The van der Waals surface area contributed by atoms with Gasteiger partial charge in [-0.3, -0.25) is 0 Å². The molecule has 0 aromatic heterocycles. The first-order chi connectivity index (χ1) is 7.72. The van der Waals surface area contributed by atoms with Gasteiger partial charge in [0.25, 0.3) is 0 Å². The maximum absolute atomic E-state index is 6.97. The minimum Gasteiger partial charge on any atom is -0.243 e. The Morgan fingerprint density at radius 2 is 1.81 bits per heavy atom. The highest BCUT2D eigenvalue weighted by molar-refractivity contribution is 5.93. The van der Waals surface area contributed by atoms with Crippen LogP contribution in [0, 0.1) is 13.5 Å². The second kappa shape index (κ2) is 4.20. The van der Waals surface area contributed by atoms with Crippen LogP contribution in [-0.2, 0) is 0 Å². The van der Waals surface area contributed by atoms with E-state index in [0.29, 0.717) is 5.70 Å². The summed E-state index contributed by atoms with van der Waals surface area (Å²) >= 11 is 0. The van der Waals surface area contributed by atoms with Gasteiger partial charge in [0, 0.05) is 0 Å². The maximum atomic E-state index is 6.97. The zero-order valence-corrected chi connectivity index (χ0v) is 9.49. The summed E-state index contributed by atoms with van der Waals surface area (Å²) in [5.74, 6) is 0. The fourth-order valence-corrected chi connectivity index (χ4v) is 1.86. The Kier molecular flexibility index (Phi) is 2.74. The summed E-state index contributed by atoms with van der Waals surface area (Å²) in [7, 11) is 0. The molecule has 16 heavy (non-hydrogen) atoms. The predicted octanol–water partition coefficient (Wildman–Crippen LogP) is 4.43. The van der Waals surface area contributed by atoms with Crippen molar-refractivity contribution in [3.8, 4) is 0 Å². The number of aryl methyl sites for hydroxylation is 1. The molecular formula is C15H13N. The minimum atomic E-state index is 0.717. The van der Waals surface area contributed by atoms with Crippen molar-refractivity contribution in [2.45, 2.75) is 13.8 Å². The summed E-state index contributed by atoms with van der Waals surface area (Å²) in [6.45, 7) is 10.9. The smallest absolute Gasteiger partial charge is 0.163 e. The fraction of sp³-hybridized carbons (Fsp3) is 0.133. The van der Waals surface area contributed by atoms with Gasteiger partial charge in [0.15, 0.2) is 5.70 Å². The van der Waals surface area contributed by atoms with E-state index in [1.165, 1.54) is 16.3 Å². The van der Waals surface area contributed by atoms with Crippen molar-refractivity contribution >= 4 is 16.8 Å². The molecule has 0 saturated carbocycles. The zero-order chi connectivity index (χ0) is 11.5. The molecule has 0 amide bonds. The van der Waals surface area contributed by atoms with E-state index in [4.69, 9.17) is 6.57 Å². The molecule has 0 N–H and O–H groups in total. The monoisotopic (exact) mass is 207 g/mol. The molecule has 0 spiro atoms. The molecule has 0 unspecified atom stereocenters. The Balaban J connectivity index is 2.74. The van der Waals surface area contributed by atoms with Crippen LogP contribution in [0.5, 0.6) is 0 Å². The van der Waals surface area contributed by atoms with Crippen LogP contribution >= 0.6 is 0 Å². The van der Waals surface area contributed by atoms with E-state index < -0.39 is 0 Å². The summed E-state index contributed by atoms with van der Waals surface area (Å²) in [5, 5.41) is 2.47. The molecule has 2 aromatic rings.